The molecule has 7 amide bonds. The average molecular weight is 971 g/mol. The highest BCUT2D eigenvalue weighted by Crippen LogP contribution is 2.28. The second-order valence-electron chi connectivity index (χ2n) is 18.1. The van der Waals surface area contributed by atoms with Crippen LogP contribution in [0.5, 0.6) is 0 Å². The Morgan fingerprint density at radius 1 is 0.884 bits per heavy atom. The van der Waals surface area contributed by atoms with Crippen molar-refractivity contribution in [1.82, 2.24) is 36.4 Å². The largest absolute Gasteiger partial charge is 0.469 e. The highest BCUT2D eigenvalue weighted by molar-refractivity contribution is 5.99. The summed E-state index contributed by atoms with van der Waals surface area (Å²) in [4.78, 5) is 133. The minimum Gasteiger partial charge on any atom is -0.469 e. The summed E-state index contributed by atoms with van der Waals surface area (Å²) in [5, 5.41) is 13.2. The molecule has 2 bridgehead atoms. The quantitative estimate of drug-likeness (QED) is 0.0438. The van der Waals surface area contributed by atoms with Gasteiger partial charge in [0.1, 0.15) is 54.6 Å². The van der Waals surface area contributed by atoms with E-state index in [1.807, 2.05) is 6.92 Å². The molecule has 1 aromatic carbocycles. The molecule has 22 nitrogen and oxygen atoms in total. The maximum absolute atomic E-state index is 14.9. The first kappa shape index (κ1) is 57.0. The Morgan fingerprint density at radius 3 is 2.16 bits per heavy atom. The molecule has 3 rings (SSSR count). The number of likely N-dealkylation sites (N-methyl/N-ethyl adjacent to an activating group) is 1. The van der Waals surface area contributed by atoms with Gasteiger partial charge in [-0.15, -0.1) is 0 Å². The third-order valence-corrected chi connectivity index (χ3v) is 12.1. The zero-order valence-corrected chi connectivity index (χ0v) is 41.4. The molecule has 2 heterocycles. The lowest BCUT2D eigenvalue weighted by Crippen LogP contribution is -2.66. The molecular weight excluding hydrogens is 897 g/mol. The predicted octanol–water partition coefficient (Wildman–Crippen LogP) is -0.102. The number of amides is 7. The van der Waals surface area contributed by atoms with Gasteiger partial charge in [0.2, 0.25) is 41.4 Å². The molecule has 9 N–H and O–H groups in total. The molecule has 22 heteroatoms. The van der Waals surface area contributed by atoms with Gasteiger partial charge in [0, 0.05) is 33.5 Å². The molecule has 2 fully saturated rings. The summed E-state index contributed by atoms with van der Waals surface area (Å²) in [5.41, 5.74) is 11.8. The molecule has 2 saturated heterocycles. The van der Waals surface area contributed by atoms with Crippen LogP contribution in [0, 0.1) is 11.8 Å². The number of piperidine rings is 1. The summed E-state index contributed by atoms with van der Waals surface area (Å²) >= 11 is 0. The van der Waals surface area contributed by atoms with Crippen molar-refractivity contribution in [3.8, 4) is 0 Å². The van der Waals surface area contributed by atoms with E-state index in [1.54, 1.807) is 58.0 Å². The number of rotatable bonds is 18. The number of ether oxygens (including phenoxy) is 3. The number of unbranched alkanes of at least 4 members (excludes halogenated alkanes) is 2. The minimum absolute atomic E-state index is 0.00291. The highest BCUT2D eigenvalue weighted by Gasteiger charge is 2.47. The van der Waals surface area contributed by atoms with Crippen LogP contribution in [-0.2, 0) is 63.8 Å². The molecule has 0 aromatic heterocycles. The molecule has 0 radical (unpaired) electrons. The van der Waals surface area contributed by atoms with Crippen LogP contribution in [0.4, 0.5) is 0 Å². The fourth-order valence-electron chi connectivity index (χ4n) is 8.19. The van der Waals surface area contributed by atoms with Gasteiger partial charge < -0.3 is 62.1 Å². The number of esters is 2. The van der Waals surface area contributed by atoms with Crippen molar-refractivity contribution in [2.75, 3.05) is 27.8 Å². The Bertz CT molecular complexity index is 1980. The van der Waals surface area contributed by atoms with Crippen molar-refractivity contribution in [2.24, 2.45) is 28.3 Å². The Labute approximate surface area is 404 Å². The fourth-order valence-corrected chi connectivity index (χ4v) is 8.19. The lowest BCUT2D eigenvalue weighted by Gasteiger charge is -2.45. The zero-order chi connectivity index (χ0) is 51.5. The number of hydrogen-bond acceptors (Lipinski definition) is 13. The number of aliphatic imine (C=N–C) groups is 1. The van der Waals surface area contributed by atoms with E-state index in [0.29, 0.717) is 12.0 Å². The lowest BCUT2D eigenvalue weighted by atomic mass is 9.93. The molecule has 0 saturated carbocycles. The molecule has 384 valence electrons. The topological polar surface area (TPSA) is 312 Å². The second-order valence-corrected chi connectivity index (χ2v) is 18.1. The smallest absolute Gasteiger partial charge is 0.329 e. The average Bonchev–Trinajstić information content (AvgIpc) is 3.30. The molecule has 2 aliphatic rings. The van der Waals surface area contributed by atoms with Crippen LogP contribution in [0.1, 0.15) is 105 Å². The number of guanidine groups is 1. The molecule has 0 unspecified atom stereocenters. The van der Waals surface area contributed by atoms with Crippen molar-refractivity contribution in [1.29, 1.82) is 0 Å². The van der Waals surface area contributed by atoms with Crippen molar-refractivity contribution >= 4 is 59.2 Å². The lowest BCUT2D eigenvalue weighted by molar-refractivity contribution is -0.171. The number of benzene rings is 1. The first-order valence-electron chi connectivity index (χ1n) is 23.6. The Balaban J connectivity index is 2.24. The van der Waals surface area contributed by atoms with Gasteiger partial charge in [-0.3, -0.25) is 43.3 Å². The molecule has 2 aliphatic heterocycles. The van der Waals surface area contributed by atoms with Crippen LogP contribution in [0.2, 0.25) is 0 Å². The number of nitrogens with two attached hydrogens (primary N) is 2. The van der Waals surface area contributed by atoms with E-state index in [4.69, 9.17) is 25.7 Å². The van der Waals surface area contributed by atoms with E-state index in [1.165, 1.54) is 30.9 Å². The molecule has 69 heavy (non-hydrogen) atoms. The normalized spacial score (nSPS) is 24.7. The molecule has 9 atom stereocenters. The third kappa shape index (κ3) is 16.7. The van der Waals surface area contributed by atoms with E-state index < -0.39 is 126 Å². The summed E-state index contributed by atoms with van der Waals surface area (Å²) in [6, 6.07) is -0.909. The van der Waals surface area contributed by atoms with E-state index in [0.717, 1.165) is 20.0 Å². The Kier molecular flexibility index (Phi) is 22.8. The SMILES string of the molecule is CCCCCC(=O)N[C@H](CC(=O)OC)C(=O)N[C@@H]1C(=O)N[C@@H](CCCN=C(N)N)C(=O)N[C@@H]2CC[C@@H](OC)N(C2=O)[C@@H](C(C)C)C(=O)N(C)[C@@H](Cc2ccccc2)C(=O)N[C@@H](C(C)C)C(=O)O[C@H]1C. The fraction of sp³-hybridized carbons (Fsp3) is 0.660. The van der Waals surface area contributed by atoms with Gasteiger partial charge in [0.05, 0.1) is 13.5 Å². The van der Waals surface area contributed by atoms with Crippen molar-refractivity contribution in [3.05, 3.63) is 35.9 Å². The first-order valence-corrected chi connectivity index (χ1v) is 23.6. The maximum atomic E-state index is 14.9. The number of carbonyl (C=O) groups excluding carboxylic acids is 9. The van der Waals surface area contributed by atoms with Crippen LogP contribution in [0.15, 0.2) is 35.3 Å². The number of hydrogen-bond donors (Lipinski definition) is 7. The predicted molar refractivity (Wildman–Crippen MR) is 253 cm³/mol. The van der Waals surface area contributed by atoms with Crippen molar-refractivity contribution < 1.29 is 57.4 Å². The Morgan fingerprint density at radius 2 is 1.57 bits per heavy atom. The van der Waals surface area contributed by atoms with Crippen LogP contribution in [0.3, 0.4) is 0 Å². The van der Waals surface area contributed by atoms with Gasteiger partial charge in [0.15, 0.2) is 5.96 Å². The number of fused-ring (bicyclic) bond motifs is 2. The maximum Gasteiger partial charge on any atom is 0.329 e. The molecular formula is C47H74N10O12. The number of carbonyl (C=O) groups is 9. The molecule has 0 aliphatic carbocycles. The van der Waals surface area contributed by atoms with E-state index >= 15 is 0 Å². The van der Waals surface area contributed by atoms with Gasteiger partial charge >= 0.3 is 11.9 Å². The van der Waals surface area contributed by atoms with Gasteiger partial charge in [0.25, 0.3) is 0 Å². The highest BCUT2D eigenvalue weighted by atomic mass is 16.5. The first-order chi connectivity index (χ1) is 32.6. The van der Waals surface area contributed by atoms with Crippen LogP contribution < -0.4 is 38.1 Å². The summed E-state index contributed by atoms with van der Waals surface area (Å²) in [6.07, 6.45) is -0.694. The van der Waals surface area contributed by atoms with Gasteiger partial charge in [-0.25, -0.2) is 4.79 Å². The van der Waals surface area contributed by atoms with Gasteiger partial charge in [-0.05, 0) is 56.4 Å². The van der Waals surface area contributed by atoms with Crippen LogP contribution >= 0.6 is 0 Å². The number of cyclic esters (lactones) is 1. The number of nitrogens with one attached hydrogen (secondary N) is 5. The molecule has 1 aromatic rings. The van der Waals surface area contributed by atoms with Crippen molar-refractivity contribution in [3.63, 3.8) is 0 Å². The third-order valence-electron chi connectivity index (χ3n) is 12.1. The summed E-state index contributed by atoms with van der Waals surface area (Å²) in [6.45, 7) is 10.0. The van der Waals surface area contributed by atoms with E-state index in [-0.39, 0.29) is 51.0 Å². The second kappa shape index (κ2) is 27.6. The number of methoxy groups -OCH3 is 2. The monoisotopic (exact) mass is 971 g/mol. The van der Waals surface area contributed by atoms with E-state index in [2.05, 4.69) is 31.6 Å². The zero-order valence-electron chi connectivity index (χ0n) is 41.4. The van der Waals surface area contributed by atoms with Gasteiger partial charge in [-0.2, -0.15) is 0 Å². The van der Waals surface area contributed by atoms with Crippen LogP contribution in [0.25, 0.3) is 0 Å². The van der Waals surface area contributed by atoms with Gasteiger partial charge in [-0.1, -0.05) is 77.8 Å². The summed E-state index contributed by atoms with van der Waals surface area (Å²) in [5.74, 6) is -8.68. The van der Waals surface area contributed by atoms with Crippen molar-refractivity contribution in [2.45, 2.75) is 160 Å². The standard InChI is InChI=1S/C47H74N10O12/c1-10-11-13-20-34(58)51-32(25-36(59)68-9)41(61)55-38-28(6)69-46(66)37(26(2)3)54-42(62)33(24-29-17-14-12-15-18-29)56(7)45(65)39(27(4)5)57-35(67-8)22-21-31(44(57)64)53-40(60)30(52-43(38)63)19-16-23-50-47(48)49/h12,14-15,17-18,26-28,30-33,35,37-39H,10-11,13,16,19-25H2,1-9H3,(H,51,58)(H,52,63)(H,53,60)(H,54,62)(H,55,61)(H4,48,49,50)/t28-,30-,31+,32+,33-,35+,37-,38-,39-/m0/s1. The Hall–Kier alpha value is -6.32. The van der Waals surface area contributed by atoms with E-state index in [9.17, 15) is 43.2 Å². The minimum atomic E-state index is -1.80. The van der Waals surface area contributed by atoms with Crippen LogP contribution in [-0.4, -0.2) is 151 Å². The summed E-state index contributed by atoms with van der Waals surface area (Å²) in [7, 11) is 3.93. The summed E-state index contributed by atoms with van der Waals surface area (Å²) < 4.78 is 16.4. The molecule has 0 spiro atoms. The number of nitrogens with zero attached hydrogens (tertiary/aromatic N) is 3.